The minimum Gasteiger partial charge on any atom is -0.456 e. The van der Waals surface area contributed by atoms with Crippen molar-refractivity contribution in [3.05, 3.63) is 115 Å². The average Bonchev–Trinajstić information content (AvgIpc) is 3.70. The van der Waals surface area contributed by atoms with Gasteiger partial charge in [0, 0.05) is 46.8 Å². The van der Waals surface area contributed by atoms with Crippen molar-refractivity contribution in [1.82, 2.24) is 0 Å². The molecule has 0 N–H and O–H groups in total. The number of nitrogens with zero attached hydrogens (tertiary/aromatic N) is 1. The van der Waals surface area contributed by atoms with Crippen LogP contribution >= 0.6 is 23.5 Å². The van der Waals surface area contributed by atoms with Gasteiger partial charge in [-0.15, -0.1) is 0 Å². The molecule has 5 aliphatic heterocycles. The Labute approximate surface area is 294 Å². The molecule has 4 nitrogen and oxygen atoms in total. The molecule has 228 valence electrons. The van der Waals surface area contributed by atoms with Crippen LogP contribution in [0.4, 0.5) is 17.1 Å². The molecule has 7 aromatic carbocycles. The van der Waals surface area contributed by atoms with Gasteiger partial charge in [0.1, 0.15) is 22.3 Å². The summed E-state index contributed by atoms with van der Waals surface area (Å²) in [5, 5.41) is 4.66. The van der Waals surface area contributed by atoms with Gasteiger partial charge in [0.05, 0.1) is 11.4 Å². The largest absolute Gasteiger partial charge is 0.456 e. The van der Waals surface area contributed by atoms with E-state index < -0.39 is 0 Å². The number of para-hydroxylation sites is 4. The van der Waals surface area contributed by atoms with E-state index in [-0.39, 0.29) is 13.4 Å². The number of ether oxygens (including phenoxy) is 1. The molecular formula is C42H19B2NO3S2. The van der Waals surface area contributed by atoms with E-state index in [1.165, 1.54) is 80.2 Å². The SMILES string of the molecule is c1cc2c3c(c1)B1c4cc5c(cc4Sc4cc6c7c(c41)N3c1c(cccc1B7c1cc3c(cc1S6)oc1ccccc13)O2)oc1ccccc15. The highest BCUT2D eigenvalue weighted by Crippen LogP contribution is 2.54. The van der Waals surface area contributed by atoms with Crippen LogP contribution in [0, 0.1) is 0 Å². The van der Waals surface area contributed by atoms with Gasteiger partial charge in [0.25, 0.3) is 0 Å². The molecule has 0 fully saturated rings. The Morgan fingerprint density at radius 1 is 0.420 bits per heavy atom. The van der Waals surface area contributed by atoms with Gasteiger partial charge >= 0.3 is 0 Å². The van der Waals surface area contributed by atoms with Gasteiger partial charge in [0.2, 0.25) is 13.4 Å². The van der Waals surface area contributed by atoms with Crippen LogP contribution in [0.5, 0.6) is 11.5 Å². The summed E-state index contributed by atoms with van der Waals surface area (Å²) in [5.41, 5.74) is 15.5. The van der Waals surface area contributed by atoms with Gasteiger partial charge in [-0.2, -0.15) is 0 Å². The fourth-order valence-corrected chi connectivity index (χ4v) is 12.1. The number of anilines is 3. The van der Waals surface area contributed by atoms with E-state index in [0.717, 1.165) is 44.6 Å². The molecule has 0 aliphatic carbocycles. The molecule has 0 atom stereocenters. The maximum Gasteiger partial charge on any atom is 0.249 e. The molecule has 2 aromatic heterocycles. The van der Waals surface area contributed by atoms with Crippen molar-refractivity contribution >= 4 is 131 Å². The molecule has 0 saturated carbocycles. The number of fused-ring (bicyclic) bond motifs is 12. The summed E-state index contributed by atoms with van der Waals surface area (Å²) < 4.78 is 19.7. The molecule has 14 rings (SSSR count). The van der Waals surface area contributed by atoms with Crippen LogP contribution in [-0.4, -0.2) is 13.4 Å². The Bertz CT molecular complexity index is 2920. The van der Waals surface area contributed by atoms with Gasteiger partial charge in [0.15, 0.2) is 11.5 Å². The molecule has 0 bridgehead atoms. The highest BCUT2D eigenvalue weighted by molar-refractivity contribution is 8.01. The van der Waals surface area contributed by atoms with Crippen LogP contribution in [0.25, 0.3) is 43.9 Å². The lowest BCUT2D eigenvalue weighted by atomic mass is 9.30. The molecule has 50 heavy (non-hydrogen) atoms. The zero-order chi connectivity index (χ0) is 32.0. The summed E-state index contributed by atoms with van der Waals surface area (Å²) in [5.74, 6) is 1.83. The predicted molar refractivity (Wildman–Crippen MR) is 206 cm³/mol. The van der Waals surface area contributed by atoms with Crippen molar-refractivity contribution in [2.75, 3.05) is 4.90 Å². The summed E-state index contributed by atoms with van der Waals surface area (Å²) in [4.78, 5) is 7.70. The number of hydrogen-bond acceptors (Lipinski definition) is 6. The van der Waals surface area contributed by atoms with Crippen molar-refractivity contribution in [3.63, 3.8) is 0 Å². The first-order valence-electron chi connectivity index (χ1n) is 17.0. The van der Waals surface area contributed by atoms with Crippen molar-refractivity contribution in [2.24, 2.45) is 0 Å². The standard InChI is InChI=1S/C42H19B2NO3S2/c1-3-11-28-20(7-1)22-15-26-34(17-32(22)46-28)49-36-19-37-39-42-38(36)43(26)24-9-5-13-30-40(24)45(42)41-25(10-6-14-31(41)48-30)44(39)27-16-23-21-8-2-4-12-29(21)47-33(23)18-35(27)50-37/h1-19H. The zero-order valence-corrected chi connectivity index (χ0v) is 27.7. The first kappa shape index (κ1) is 25.5. The third kappa shape index (κ3) is 2.85. The zero-order valence-electron chi connectivity index (χ0n) is 26.1. The Kier molecular flexibility index (Phi) is 4.32. The summed E-state index contributed by atoms with van der Waals surface area (Å²) in [6.07, 6.45) is 0. The second kappa shape index (κ2) is 8.47. The average molecular weight is 671 g/mol. The maximum atomic E-state index is 6.86. The van der Waals surface area contributed by atoms with Gasteiger partial charge in [-0.3, -0.25) is 0 Å². The second-order valence-electron chi connectivity index (χ2n) is 13.9. The normalized spacial score (nSPS) is 15.1. The lowest BCUT2D eigenvalue weighted by Crippen LogP contribution is -2.67. The van der Waals surface area contributed by atoms with Crippen LogP contribution in [0.3, 0.4) is 0 Å². The Morgan fingerprint density at radius 2 is 0.940 bits per heavy atom. The number of benzene rings is 7. The molecule has 7 heterocycles. The summed E-state index contributed by atoms with van der Waals surface area (Å²) >= 11 is 3.77. The molecular weight excluding hydrogens is 652 g/mol. The first-order chi connectivity index (χ1) is 24.8. The van der Waals surface area contributed by atoms with Crippen LogP contribution < -0.4 is 42.4 Å². The second-order valence-corrected chi connectivity index (χ2v) is 16.1. The van der Waals surface area contributed by atoms with Crippen molar-refractivity contribution < 1.29 is 13.6 Å². The van der Waals surface area contributed by atoms with Gasteiger partial charge in [-0.25, -0.2) is 0 Å². The van der Waals surface area contributed by atoms with E-state index in [1.807, 2.05) is 35.7 Å². The number of rotatable bonds is 0. The fraction of sp³-hybridized carbons (Fsp3) is 0. The Morgan fingerprint density at radius 3 is 1.48 bits per heavy atom. The van der Waals surface area contributed by atoms with Crippen LogP contribution in [0.1, 0.15) is 0 Å². The Balaban J connectivity index is 1.12. The van der Waals surface area contributed by atoms with Gasteiger partial charge < -0.3 is 18.5 Å². The minimum absolute atomic E-state index is 0.0635. The molecule has 0 unspecified atom stereocenters. The molecule has 0 radical (unpaired) electrons. The lowest BCUT2D eigenvalue weighted by Gasteiger charge is -2.49. The van der Waals surface area contributed by atoms with Crippen molar-refractivity contribution in [1.29, 1.82) is 0 Å². The van der Waals surface area contributed by atoms with E-state index in [2.05, 4.69) is 108 Å². The van der Waals surface area contributed by atoms with E-state index >= 15 is 0 Å². The van der Waals surface area contributed by atoms with Crippen LogP contribution in [0.15, 0.2) is 144 Å². The smallest absolute Gasteiger partial charge is 0.249 e. The molecule has 0 amide bonds. The van der Waals surface area contributed by atoms with Gasteiger partial charge in [-0.05, 0) is 64.3 Å². The van der Waals surface area contributed by atoms with Crippen molar-refractivity contribution in [3.8, 4) is 11.5 Å². The topological polar surface area (TPSA) is 38.8 Å². The lowest BCUT2D eigenvalue weighted by molar-refractivity contribution is 0.478. The van der Waals surface area contributed by atoms with Crippen LogP contribution in [0.2, 0.25) is 0 Å². The summed E-state index contributed by atoms with van der Waals surface area (Å²) in [7, 11) is 0. The fourth-order valence-electron chi connectivity index (χ4n) is 9.62. The molecule has 8 heteroatoms. The van der Waals surface area contributed by atoms with Gasteiger partial charge in [-0.1, -0.05) is 107 Å². The first-order valence-corrected chi connectivity index (χ1v) is 18.6. The minimum atomic E-state index is 0.0635. The maximum absolute atomic E-state index is 6.86. The monoisotopic (exact) mass is 671 g/mol. The van der Waals surface area contributed by atoms with E-state index in [1.54, 1.807) is 0 Å². The highest BCUT2D eigenvalue weighted by atomic mass is 32.2. The predicted octanol–water partition coefficient (Wildman–Crippen LogP) is 7.65. The highest BCUT2D eigenvalue weighted by Gasteiger charge is 2.52. The van der Waals surface area contributed by atoms with Crippen LogP contribution in [-0.2, 0) is 0 Å². The third-order valence-corrected chi connectivity index (χ3v) is 13.8. The quantitative estimate of drug-likeness (QED) is 0.154. The third-order valence-electron chi connectivity index (χ3n) is 11.5. The molecule has 5 aliphatic rings. The summed E-state index contributed by atoms with van der Waals surface area (Å²) in [6.45, 7) is 0.127. The molecule has 0 spiro atoms. The van der Waals surface area contributed by atoms with E-state index in [9.17, 15) is 0 Å². The van der Waals surface area contributed by atoms with Crippen molar-refractivity contribution in [2.45, 2.75) is 19.6 Å². The van der Waals surface area contributed by atoms with E-state index in [4.69, 9.17) is 13.6 Å². The number of hydrogen-bond donors (Lipinski definition) is 0. The molecule has 9 aromatic rings. The van der Waals surface area contributed by atoms with E-state index in [0.29, 0.717) is 0 Å². The Hall–Kier alpha value is -5.43. The molecule has 0 saturated heterocycles. The summed E-state index contributed by atoms with van der Waals surface area (Å²) in [6, 6.07) is 41.9. The number of furan rings is 2.